The van der Waals surface area contributed by atoms with Crippen LogP contribution in [0.3, 0.4) is 0 Å². The first-order valence-corrected chi connectivity index (χ1v) is 11.2. The number of hydrogen-bond acceptors (Lipinski definition) is 9. The van der Waals surface area contributed by atoms with Crippen LogP contribution >= 0.6 is 11.8 Å². The SMILES string of the molecule is CCOC(=O)C1=C(C)NC(CSC(=O)CC)=C(C(=O)OCC)C1c1ccc([N+](=O)[O-])cc1. The molecular weight excluding hydrogens is 436 g/mol. The molecule has 1 heterocycles. The number of hydrogen-bond donors (Lipinski definition) is 1. The first-order chi connectivity index (χ1) is 15.2. The highest BCUT2D eigenvalue weighted by atomic mass is 32.2. The number of nitrogens with one attached hydrogen (secondary N) is 1. The molecule has 0 aromatic heterocycles. The van der Waals surface area contributed by atoms with Gasteiger partial charge in [-0.2, -0.15) is 0 Å². The van der Waals surface area contributed by atoms with E-state index in [1.807, 2.05) is 0 Å². The van der Waals surface area contributed by atoms with E-state index in [-0.39, 0.29) is 40.9 Å². The Morgan fingerprint density at radius 2 is 1.59 bits per heavy atom. The molecule has 1 aliphatic rings. The van der Waals surface area contributed by atoms with E-state index in [9.17, 15) is 24.5 Å². The van der Waals surface area contributed by atoms with Crippen LogP contribution in [0.5, 0.6) is 0 Å². The fourth-order valence-electron chi connectivity index (χ4n) is 3.32. The number of nitro groups is 1. The summed E-state index contributed by atoms with van der Waals surface area (Å²) in [6, 6.07) is 5.63. The number of allylic oxidation sites excluding steroid dienone is 1. The monoisotopic (exact) mass is 462 g/mol. The maximum Gasteiger partial charge on any atom is 0.336 e. The summed E-state index contributed by atoms with van der Waals surface area (Å²) in [5.41, 5.74) is 1.67. The molecule has 0 radical (unpaired) electrons. The van der Waals surface area contributed by atoms with E-state index in [1.165, 1.54) is 24.3 Å². The first-order valence-electron chi connectivity index (χ1n) is 10.2. The molecule has 1 aromatic carbocycles. The summed E-state index contributed by atoms with van der Waals surface area (Å²) in [6.07, 6.45) is 0.335. The lowest BCUT2D eigenvalue weighted by Gasteiger charge is -2.31. The Labute approximate surface area is 190 Å². The van der Waals surface area contributed by atoms with Crippen LogP contribution < -0.4 is 5.32 Å². The molecule has 0 bridgehead atoms. The minimum atomic E-state index is -0.873. The Morgan fingerprint density at radius 1 is 1.03 bits per heavy atom. The zero-order valence-electron chi connectivity index (χ0n) is 18.4. The fourth-order valence-corrected chi connectivity index (χ4v) is 4.05. The standard InChI is InChI=1S/C22H26N2O7S/c1-5-17(25)32-12-16-20(22(27)31-7-3)19(14-8-10-15(11-9-14)24(28)29)18(13(4)23-16)21(26)30-6-2/h8-11,19,23H,5-7,12H2,1-4H3. The van der Waals surface area contributed by atoms with Crippen LogP contribution in [0, 0.1) is 10.1 Å². The third-order valence-electron chi connectivity index (χ3n) is 4.74. The molecule has 0 spiro atoms. The third kappa shape index (κ3) is 5.76. The molecule has 1 aliphatic heterocycles. The second-order valence-electron chi connectivity index (χ2n) is 6.79. The molecule has 1 atom stereocenters. The van der Waals surface area contributed by atoms with Gasteiger partial charge in [-0.1, -0.05) is 30.8 Å². The van der Waals surface area contributed by atoms with Gasteiger partial charge >= 0.3 is 11.9 Å². The molecule has 32 heavy (non-hydrogen) atoms. The molecule has 172 valence electrons. The second kappa shape index (κ2) is 11.5. The van der Waals surface area contributed by atoms with Gasteiger partial charge in [0, 0.05) is 35.7 Å². The van der Waals surface area contributed by atoms with Gasteiger partial charge in [-0.15, -0.1) is 0 Å². The van der Waals surface area contributed by atoms with Crippen molar-refractivity contribution in [2.24, 2.45) is 0 Å². The summed E-state index contributed by atoms with van der Waals surface area (Å²) in [6.45, 7) is 7.01. The minimum Gasteiger partial charge on any atom is -0.463 e. The van der Waals surface area contributed by atoms with E-state index in [1.54, 1.807) is 27.7 Å². The zero-order valence-corrected chi connectivity index (χ0v) is 19.2. The summed E-state index contributed by atoms with van der Waals surface area (Å²) in [7, 11) is 0. The van der Waals surface area contributed by atoms with Gasteiger partial charge in [0.15, 0.2) is 5.12 Å². The van der Waals surface area contributed by atoms with Gasteiger partial charge < -0.3 is 14.8 Å². The summed E-state index contributed by atoms with van der Waals surface area (Å²) >= 11 is 1.05. The number of nitro benzene ring substituents is 1. The molecular formula is C22H26N2O7S. The van der Waals surface area contributed by atoms with Crippen molar-refractivity contribution in [2.75, 3.05) is 19.0 Å². The maximum atomic E-state index is 13.0. The van der Waals surface area contributed by atoms with Crippen molar-refractivity contribution in [1.29, 1.82) is 0 Å². The van der Waals surface area contributed by atoms with Crippen molar-refractivity contribution in [3.63, 3.8) is 0 Å². The lowest BCUT2D eigenvalue weighted by Crippen LogP contribution is -2.34. The van der Waals surface area contributed by atoms with Crippen molar-refractivity contribution in [2.45, 2.75) is 40.0 Å². The van der Waals surface area contributed by atoms with E-state index in [0.717, 1.165) is 11.8 Å². The van der Waals surface area contributed by atoms with Crippen LogP contribution in [0.15, 0.2) is 46.8 Å². The number of benzene rings is 1. The minimum absolute atomic E-state index is 0.0489. The Bertz CT molecular complexity index is 967. The normalized spacial score (nSPS) is 15.8. The number of ether oxygens (including phenoxy) is 2. The second-order valence-corrected chi connectivity index (χ2v) is 7.83. The predicted molar refractivity (Wildman–Crippen MR) is 120 cm³/mol. The molecule has 1 aromatic rings. The number of rotatable bonds is 9. The number of thioether (sulfide) groups is 1. The van der Waals surface area contributed by atoms with Crippen molar-refractivity contribution in [3.8, 4) is 0 Å². The Morgan fingerprint density at radius 3 is 2.09 bits per heavy atom. The molecule has 0 fully saturated rings. The van der Waals surface area contributed by atoms with E-state index in [4.69, 9.17) is 9.47 Å². The molecule has 0 saturated heterocycles. The lowest BCUT2D eigenvalue weighted by molar-refractivity contribution is -0.384. The molecule has 0 aliphatic carbocycles. The molecule has 1 N–H and O–H groups in total. The molecule has 0 saturated carbocycles. The Hall–Kier alpha value is -3.14. The largest absolute Gasteiger partial charge is 0.463 e. The van der Waals surface area contributed by atoms with Crippen LogP contribution in [0.4, 0.5) is 5.69 Å². The smallest absolute Gasteiger partial charge is 0.336 e. The van der Waals surface area contributed by atoms with Crippen molar-refractivity contribution in [1.82, 2.24) is 5.32 Å². The average Bonchev–Trinajstić information content (AvgIpc) is 2.77. The Kier molecular flexibility index (Phi) is 9.01. The van der Waals surface area contributed by atoms with Crippen molar-refractivity contribution < 1.29 is 28.8 Å². The maximum absolute atomic E-state index is 13.0. The lowest BCUT2D eigenvalue weighted by atomic mass is 9.80. The quantitative estimate of drug-likeness (QED) is 0.333. The van der Waals surface area contributed by atoms with Gasteiger partial charge in [0.2, 0.25) is 0 Å². The van der Waals surface area contributed by atoms with Crippen LogP contribution in [0.2, 0.25) is 0 Å². The summed E-state index contributed by atoms with van der Waals surface area (Å²) in [4.78, 5) is 48.3. The van der Waals surface area contributed by atoms with Gasteiger partial charge in [-0.05, 0) is 26.3 Å². The van der Waals surface area contributed by atoms with Crippen LogP contribution in [-0.2, 0) is 23.9 Å². The van der Waals surface area contributed by atoms with E-state index >= 15 is 0 Å². The van der Waals surface area contributed by atoms with E-state index in [2.05, 4.69) is 5.32 Å². The topological polar surface area (TPSA) is 125 Å². The third-order valence-corrected chi connectivity index (χ3v) is 5.78. The van der Waals surface area contributed by atoms with E-state index in [0.29, 0.717) is 23.4 Å². The summed E-state index contributed by atoms with van der Waals surface area (Å²) in [5, 5.41) is 14.1. The molecule has 10 heteroatoms. The first kappa shape index (κ1) is 25.1. The van der Waals surface area contributed by atoms with Gasteiger partial charge in [-0.25, -0.2) is 9.59 Å². The molecule has 9 nitrogen and oxygen atoms in total. The van der Waals surface area contributed by atoms with Gasteiger partial charge in [-0.3, -0.25) is 14.9 Å². The predicted octanol–water partition coefficient (Wildman–Crippen LogP) is 3.61. The highest BCUT2D eigenvalue weighted by Crippen LogP contribution is 2.40. The number of dihydropyridines is 1. The average molecular weight is 463 g/mol. The zero-order chi connectivity index (χ0) is 23.8. The van der Waals surface area contributed by atoms with Crippen LogP contribution in [0.25, 0.3) is 0 Å². The highest BCUT2D eigenvalue weighted by molar-refractivity contribution is 8.13. The van der Waals surface area contributed by atoms with E-state index < -0.39 is 22.8 Å². The number of non-ortho nitro benzene ring substituents is 1. The fraction of sp³-hybridized carbons (Fsp3) is 0.409. The van der Waals surface area contributed by atoms with Crippen LogP contribution in [0.1, 0.15) is 45.6 Å². The van der Waals surface area contributed by atoms with Crippen molar-refractivity contribution in [3.05, 3.63) is 62.5 Å². The number of nitrogens with zero attached hydrogens (tertiary/aromatic N) is 1. The van der Waals surface area contributed by atoms with Gasteiger partial charge in [0.05, 0.1) is 35.2 Å². The Balaban J connectivity index is 2.68. The van der Waals surface area contributed by atoms with Gasteiger partial charge in [0.25, 0.3) is 5.69 Å². The van der Waals surface area contributed by atoms with Crippen LogP contribution in [-0.4, -0.2) is 40.9 Å². The highest BCUT2D eigenvalue weighted by Gasteiger charge is 2.39. The summed E-state index contributed by atoms with van der Waals surface area (Å²) < 4.78 is 10.5. The van der Waals surface area contributed by atoms with Crippen molar-refractivity contribution >= 4 is 34.5 Å². The number of esters is 2. The summed E-state index contributed by atoms with van der Waals surface area (Å²) in [5.74, 6) is -1.95. The number of carbonyl (C=O) groups excluding carboxylic acids is 3. The molecule has 0 amide bonds. The molecule has 1 unspecified atom stereocenters. The molecule has 2 rings (SSSR count). The number of carbonyl (C=O) groups is 3. The van der Waals surface area contributed by atoms with Gasteiger partial charge in [0.1, 0.15) is 0 Å².